The van der Waals surface area contributed by atoms with Crippen LogP contribution in [0.3, 0.4) is 0 Å². The van der Waals surface area contributed by atoms with Gasteiger partial charge in [-0.2, -0.15) is 0 Å². The Balaban J connectivity index is 1.84. The summed E-state index contributed by atoms with van der Waals surface area (Å²) in [6.07, 6.45) is 5.28. The van der Waals surface area contributed by atoms with E-state index in [2.05, 4.69) is 17.1 Å². The number of nitrogens with one attached hydrogen (secondary N) is 1. The van der Waals surface area contributed by atoms with Crippen LogP contribution >= 0.6 is 0 Å². The molecular formula is C13H24N2O. The van der Waals surface area contributed by atoms with E-state index >= 15 is 0 Å². The third-order valence-electron chi connectivity index (χ3n) is 3.62. The van der Waals surface area contributed by atoms with Crippen LogP contribution < -0.4 is 5.32 Å². The van der Waals surface area contributed by atoms with Crippen molar-refractivity contribution in [1.82, 2.24) is 10.2 Å². The molecule has 1 amide bonds. The molecule has 2 aliphatic carbocycles. The van der Waals surface area contributed by atoms with Crippen molar-refractivity contribution in [3.05, 3.63) is 0 Å². The van der Waals surface area contributed by atoms with Gasteiger partial charge in [-0.3, -0.25) is 9.69 Å². The average molecular weight is 224 g/mol. The highest BCUT2D eigenvalue weighted by atomic mass is 16.2. The van der Waals surface area contributed by atoms with Crippen molar-refractivity contribution in [2.75, 3.05) is 6.54 Å². The summed E-state index contributed by atoms with van der Waals surface area (Å²) in [5.74, 6) is 1.04. The summed E-state index contributed by atoms with van der Waals surface area (Å²) in [6.45, 7) is 6.92. The van der Waals surface area contributed by atoms with Crippen molar-refractivity contribution >= 4 is 5.91 Å². The summed E-state index contributed by atoms with van der Waals surface area (Å²) in [6, 6.07) is 1.55. The lowest BCUT2D eigenvalue weighted by Crippen LogP contribution is -2.45. The van der Waals surface area contributed by atoms with Gasteiger partial charge in [0.25, 0.3) is 0 Å². The topological polar surface area (TPSA) is 32.3 Å². The summed E-state index contributed by atoms with van der Waals surface area (Å²) in [5, 5.41) is 2.99. The highest BCUT2D eigenvalue weighted by molar-refractivity contribution is 5.78. The van der Waals surface area contributed by atoms with E-state index in [1.807, 2.05) is 13.8 Å². The van der Waals surface area contributed by atoms with Gasteiger partial charge in [0.1, 0.15) is 0 Å². The summed E-state index contributed by atoms with van der Waals surface area (Å²) in [5.41, 5.74) is 0. The van der Waals surface area contributed by atoms with Crippen molar-refractivity contribution in [3.63, 3.8) is 0 Å². The fourth-order valence-electron chi connectivity index (χ4n) is 2.39. The summed E-state index contributed by atoms with van der Waals surface area (Å²) < 4.78 is 0. The van der Waals surface area contributed by atoms with E-state index in [9.17, 15) is 4.79 Å². The van der Waals surface area contributed by atoms with E-state index in [0.29, 0.717) is 18.6 Å². The molecule has 2 aliphatic rings. The molecule has 2 fully saturated rings. The van der Waals surface area contributed by atoms with Crippen molar-refractivity contribution in [3.8, 4) is 0 Å². The first kappa shape index (κ1) is 11.9. The van der Waals surface area contributed by atoms with E-state index in [1.165, 1.54) is 25.7 Å². The molecule has 0 saturated heterocycles. The average Bonchev–Trinajstić information content (AvgIpc) is 3.02. The number of hydrogen-bond acceptors (Lipinski definition) is 2. The van der Waals surface area contributed by atoms with Crippen LogP contribution in [0.4, 0.5) is 0 Å². The molecule has 0 radical (unpaired) electrons. The maximum Gasteiger partial charge on any atom is 0.234 e. The smallest absolute Gasteiger partial charge is 0.234 e. The standard InChI is InChI=1S/C13H24N2O/c1-9(2)14-13(16)8-15(12-6-7-12)10(3)11-4-5-11/h9-12H,4-8H2,1-3H3,(H,14,16)/t10-/m1/s1. The molecule has 0 aromatic rings. The SMILES string of the molecule is CC(C)NC(=O)CN(C1CC1)[C@H](C)C1CC1. The van der Waals surface area contributed by atoms with Gasteiger partial charge in [-0.05, 0) is 52.4 Å². The first-order valence-corrected chi connectivity index (χ1v) is 6.63. The maximum absolute atomic E-state index is 11.8. The highest BCUT2D eigenvalue weighted by Crippen LogP contribution is 2.39. The van der Waals surface area contributed by atoms with Gasteiger partial charge < -0.3 is 5.32 Å². The fraction of sp³-hybridized carbons (Fsp3) is 0.923. The molecule has 3 heteroatoms. The van der Waals surface area contributed by atoms with Crippen LogP contribution in [0.1, 0.15) is 46.5 Å². The third-order valence-corrected chi connectivity index (χ3v) is 3.62. The minimum Gasteiger partial charge on any atom is -0.353 e. The van der Waals surface area contributed by atoms with Gasteiger partial charge in [0.15, 0.2) is 0 Å². The van der Waals surface area contributed by atoms with E-state index in [1.54, 1.807) is 0 Å². The minimum atomic E-state index is 0.189. The lowest BCUT2D eigenvalue weighted by atomic mass is 10.1. The fourth-order valence-corrected chi connectivity index (χ4v) is 2.39. The number of rotatable bonds is 6. The number of nitrogens with zero attached hydrogens (tertiary/aromatic N) is 1. The zero-order valence-corrected chi connectivity index (χ0v) is 10.7. The lowest BCUT2D eigenvalue weighted by Gasteiger charge is -2.28. The molecule has 2 saturated carbocycles. The quantitative estimate of drug-likeness (QED) is 0.746. The summed E-state index contributed by atoms with van der Waals surface area (Å²) in [4.78, 5) is 14.2. The molecule has 2 rings (SSSR count). The van der Waals surface area contributed by atoms with Crippen LogP contribution in [0, 0.1) is 5.92 Å². The number of amides is 1. The largest absolute Gasteiger partial charge is 0.353 e. The summed E-state index contributed by atoms with van der Waals surface area (Å²) in [7, 11) is 0. The molecule has 16 heavy (non-hydrogen) atoms. The molecular weight excluding hydrogens is 200 g/mol. The molecule has 0 bridgehead atoms. The van der Waals surface area contributed by atoms with Crippen LogP contribution in [0.5, 0.6) is 0 Å². The zero-order chi connectivity index (χ0) is 11.7. The predicted octanol–water partition coefficient (Wildman–Crippen LogP) is 1.77. The van der Waals surface area contributed by atoms with Gasteiger partial charge in [0, 0.05) is 18.1 Å². The van der Waals surface area contributed by atoms with Gasteiger partial charge >= 0.3 is 0 Å². The van der Waals surface area contributed by atoms with Crippen LogP contribution in [-0.2, 0) is 4.79 Å². The Hall–Kier alpha value is -0.570. The zero-order valence-electron chi connectivity index (χ0n) is 10.7. The van der Waals surface area contributed by atoms with Crippen molar-refractivity contribution < 1.29 is 4.79 Å². The molecule has 0 unspecified atom stereocenters. The molecule has 3 nitrogen and oxygen atoms in total. The molecule has 0 aliphatic heterocycles. The van der Waals surface area contributed by atoms with Crippen molar-refractivity contribution in [1.29, 1.82) is 0 Å². The highest BCUT2D eigenvalue weighted by Gasteiger charge is 2.39. The van der Waals surface area contributed by atoms with E-state index in [-0.39, 0.29) is 11.9 Å². The third kappa shape index (κ3) is 3.21. The summed E-state index contributed by atoms with van der Waals surface area (Å²) >= 11 is 0. The Morgan fingerprint density at radius 2 is 1.88 bits per heavy atom. The minimum absolute atomic E-state index is 0.189. The predicted molar refractivity (Wildman–Crippen MR) is 65.2 cm³/mol. The first-order chi connectivity index (χ1) is 7.58. The van der Waals surface area contributed by atoms with Crippen LogP contribution in [0.2, 0.25) is 0 Å². The van der Waals surface area contributed by atoms with Crippen LogP contribution in [0.15, 0.2) is 0 Å². The van der Waals surface area contributed by atoms with Crippen molar-refractivity contribution in [2.24, 2.45) is 5.92 Å². The monoisotopic (exact) mass is 224 g/mol. The maximum atomic E-state index is 11.8. The van der Waals surface area contributed by atoms with E-state index in [0.717, 1.165) is 5.92 Å². The van der Waals surface area contributed by atoms with Crippen LogP contribution in [-0.4, -0.2) is 35.5 Å². The van der Waals surface area contributed by atoms with Gasteiger partial charge in [-0.25, -0.2) is 0 Å². The Bertz CT molecular complexity index is 257. The Morgan fingerprint density at radius 3 is 2.31 bits per heavy atom. The Labute approximate surface area is 98.6 Å². The van der Waals surface area contributed by atoms with Gasteiger partial charge in [-0.1, -0.05) is 0 Å². The van der Waals surface area contributed by atoms with E-state index < -0.39 is 0 Å². The molecule has 1 N–H and O–H groups in total. The number of carbonyl (C=O) groups excluding carboxylic acids is 1. The Kier molecular flexibility index (Phi) is 3.53. The number of hydrogen-bond donors (Lipinski definition) is 1. The van der Waals surface area contributed by atoms with E-state index in [4.69, 9.17) is 0 Å². The molecule has 0 spiro atoms. The molecule has 1 atom stereocenters. The van der Waals surface area contributed by atoms with Gasteiger partial charge in [0.05, 0.1) is 6.54 Å². The second-order valence-corrected chi connectivity index (χ2v) is 5.70. The lowest BCUT2D eigenvalue weighted by molar-refractivity contribution is -0.123. The van der Waals surface area contributed by atoms with Crippen molar-refractivity contribution in [2.45, 2.75) is 64.6 Å². The molecule has 92 valence electrons. The van der Waals surface area contributed by atoms with Gasteiger partial charge in [0.2, 0.25) is 5.91 Å². The second-order valence-electron chi connectivity index (χ2n) is 5.70. The second kappa shape index (κ2) is 4.74. The Morgan fingerprint density at radius 1 is 1.25 bits per heavy atom. The van der Waals surface area contributed by atoms with Crippen LogP contribution in [0.25, 0.3) is 0 Å². The normalized spacial score (nSPS) is 22.6. The van der Waals surface area contributed by atoms with Gasteiger partial charge in [-0.15, -0.1) is 0 Å². The molecule has 0 aromatic heterocycles. The molecule has 0 aromatic carbocycles. The first-order valence-electron chi connectivity index (χ1n) is 6.63. The number of carbonyl (C=O) groups is 1. The molecule has 0 heterocycles.